The van der Waals surface area contributed by atoms with E-state index in [2.05, 4.69) is 5.32 Å². The van der Waals surface area contributed by atoms with Gasteiger partial charge in [0, 0.05) is 28.2 Å². The van der Waals surface area contributed by atoms with Gasteiger partial charge in [-0.3, -0.25) is 28.9 Å². The molecule has 8 N–H and O–H groups in total. The van der Waals surface area contributed by atoms with Crippen molar-refractivity contribution in [3.05, 3.63) is 111 Å². The van der Waals surface area contributed by atoms with Gasteiger partial charge in [-0.25, -0.2) is 0 Å². The van der Waals surface area contributed by atoms with E-state index in [1.807, 2.05) is 0 Å². The molecule has 49 heavy (non-hydrogen) atoms. The Morgan fingerprint density at radius 2 is 1.47 bits per heavy atom. The molecule has 0 aliphatic heterocycles. The number of fused-ring (bicyclic) bond motifs is 3. The lowest BCUT2D eigenvalue weighted by Gasteiger charge is -2.53. The lowest BCUT2D eigenvalue weighted by molar-refractivity contribution is -0.169. The molecule has 13 nitrogen and oxygen atoms in total. The Morgan fingerprint density at radius 1 is 0.878 bits per heavy atom. The lowest BCUT2D eigenvalue weighted by atomic mass is 9.54. The summed E-state index contributed by atoms with van der Waals surface area (Å²) in [6, 6.07) is 15.8. The van der Waals surface area contributed by atoms with Gasteiger partial charge in [0.05, 0.1) is 29.3 Å². The molecule has 0 radical (unpaired) electrons. The number of aliphatic hydroxyl groups is 4. The summed E-state index contributed by atoms with van der Waals surface area (Å²) in [5.41, 5.74) is 1.59. The molecule has 0 spiro atoms. The number of nitrogens with one attached hydrogen (secondary N) is 1. The number of likely N-dealkylation sites (N-methyl/N-ethyl adjacent to an activating group) is 1. The van der Waals surface area contributed by atoms with Crippen molar-refractivity contribution >= 4 is 40.6 Å². The third kappa shape index (κ3) is 4.85. The second kappa shape index (κ2) is 11.8. The molecular weight excluding hydrogens is 634 g/mol. The summed E-state index contributed by atoms with van der Waals surface area (Å²) in [5, 5.41) is 60.1. The Bertz CT molecular complexity index is 2020. The normalized spacial score (nSPS) is 26.2. The fourth-order valence-electron chi connectivity index (χ4n) is 7.44. The molecule has 0 aromatic heterocycles. The van der Waals surface area contributed by atoms with Gasteiger partial charge in [0.2, 0.25) is 5.78 Å². The van der Waals surface area contributed by atoms with Crippen LogP contribution in [0.25, 0.3) is 5.76 Å². The second-order valence-electron chi connectivity index (χ2n) is 12.7. The Balaban J connectivity index is 1.38. The molecule has 0 bridgehead atoms. The van der Waals surface area contributed by atoms with Crippen LogP contribution in [0.1, 0.15) is 50.2 Å². The number of carbonyl (C=O) groups is 5. The number of primary amides is 1. The Hall–Kier alpha value is -5.63. The van der Waals surface area contributed by atoms with Gasteiger partial charge in [0.1, 0.15) is 22.8 Å². The van der Waals surface area contributed by atoms with Crippen molar-refractivity contribution in [2.45, 2.75) is 30.6 Å². The summed E-state index contributed by atoms with van der Waals surface area (Å²) in [4.78, 5) is 66.9. The fourth-order valence-corrected chi connectivity index (χ4v) is 7.44. The molecule has 0 heterocycles. The first-order chi connectivity index (χ1) is 23.1. The highest BCUT2D eigenvalue weighted by Crippen LogP contribution is 2.56. The predicted molar refractivity (Wildman–Crippen MR) is 175 cm³/mol. The molecule has 1 saturated carbocycles. The zero-order chi connectivity index (χ0) is 35.7. The van der Waals surface area contributed by atoms with Gasteiger partial charge in [0.15, 0.2) is 17.2 Å². The van der Waals surface area contributed by atoms with Crippen molar-refractivity contribution in [1.82, 2.24) is 4.90 Å². The van der Waals surface area contributed by atoms with Crippen LogP contribution in [-0.4, -0.2) is 91.4 Å². The number of amides is 2. The number of Topliss-reactive ketones (excluding diaryl/α,β-unsaturated/α-hetero) is 2. The quantitative estimate of drug-likeness (QED) is 0.114. The van der Waals surface area contributed by atoms with Crippen LogP contribution in [0.4, 0.5) is 5.69 Å². The maximum atomic E-state index is 14.2. The highest BCUT2D eigenvalue weighted by molar-refractivity contribution is 6.24. The minimum absolute atomic E-state index is 0.145. The van der Waals surface area contributed by atoms with E-state index in [1.165, 1.54) is 55.4 Å². The number of aromatic hydroxyl groups is 1. The Morgan fingerprint density at radius 3 is 2.06 bits per heavy atom. The molecular formula is C36H33N3O10. The van der Waals surface area contributed by atoms with Gasteiger partial charge in [-0.2, -0.15) is 0 Å². The molecule has 3 aliphatic carbocycles. The fraction of sp³-hybridized carbons (Fsp3) is 0.250. The summed E-state index contributed by atoms with van der Waals surface area (Å²) in [6.45, 7) is 1.60. The molecule has 6 rings (SSSR count). The van der Waals surface area contributed by atoms with Crippen LogP contribution in [0.5, 0.6) is 5.75 Å². The van der Waals surface area contributed by atoms with Crippen LogP contribution in [0.2, 0.25) is 0 Å². The van der Waals surface area contributed by atoms with E-state index in [4.69, 9.17) is 5.73 Å². The molecule has 1 fully saturated rings. The molecule has 3 aliphatic rings. The van der Waals surface area contributed by atoms with Crippen LogP contribution < -0.4 is 11.1 Å². The first-order valence-corrected chi connectivity index (χ1v) is 15.3. The third-order valence-corrected chi connectivity index (χ3v) is 9.82. The van der Waals surface area contributed by atoms with Gasteiger partial charge < -0.3 is 36.6 Å². The number of hydrogen-bond donors (Lipinski definition) is 7. The molecule has 3 aromatic carbocycles. The van der Waals surface area contributed by atoms with E-state index >= 15 is 0 Å². The van der Waals surface area contributed by atoms with Crippen LogP contribution in [0.15, 0.2) is 83.6 Å². The van der Waals surface area contributed by atoms with E-state index in [0.29, 0.717) is 11.1 Å². The van der Waals surface area contributed by atoms with Crippen molar-refractivity contribution < 1.29 is 49.5 Å². The largest absolute Gasteiger partial charge is 0.508 e. The van der Waals surface area contributed by atoms with Gasteiger partial charge in [-0.15, -0.1) is 0 Å². The molecule has 6 atom stereocenters. The maximum absolute atomic E-state index is 14.2. The minimum Gasteiger partial charge on any atom is -0.508 e. The number of nitrogens with zero attached hydrogens (tertiary/aromatic N) is 1. The molecule has 2 unspecified atom stereocenters. The summed E-state index contributed by atoms with van der Waals surface area (Å²) in [7, 11) is 2.85. The van der Waals surface area contributed by atoms with Crippen molar-refractivity contribution in [3.63, 3.8) is 0 Å². The average molecular weight is 668 g/mol. The number of phenolic OH excluding ortho intramolecular Hbond substituents is 1. The number of benzene rings is 3. The SMILES string of the molecule is C[C@H]1c2ccc(NC(=O)c3ccc(C(=O)c4ccccc4)cc3)c(O)c2C(O)=C2C(=O)[C@]3(O)C(O)=C(C(N)=O)C(=O)[C@@H](N(C)C)C3[C@@H](O)C21. The van der Waals surface area contributed by atoms with Crippen molar-refractivity contribution in [3.8, 4) is 5.75 Å². The highest BCUT2D eigenvalue weighted by Gasteiger charge is 2.68. The topological polar surface area (TPSA) is 228 Å². The number of nitrogens with two attached hydrogens (primary N) is 1. The van der Waals surface area contributed by atoms with Crippen molar-refractivity contribution in [2.75, 3.05) is 19.4 Å². The number of phenols is 1. The number of ketones is 3. The highest BCUT2D eigenvalue weighted by atomic mass is 16.4. The minimum atomic E-state index is -3.04. The number of hydrogen-bond acceptors (Lipinski definition) is 11. The first kappa shape index (κ1) is 33.3. The summed E-state index contributed by atoms with van der Waals surface area (Å²) >= 11 is 0. The molecule has 0 saturated heterocycles. The zero-order valence-electron chi connectivity index (χ0n) is 26.5. The number of carbonyl (C=O) groups excluding carboxylic acids is 5. The van der Waals surface area contributed by atoms with E-state index < -0.39 is 87.3 Å². The van der Waals surface area contributed by atoms with Crippen LogP contribution >= 0.6 is 0 Å². The van der Waals surface area contributed by atoms with Crippen LogP contribution in [0, 0.1) is 11.8 Å². The Labute approximate surface area is 279 Å². The molecule has 2 amide bonds. The molecule has 252 valence electrons. The van der Waals surface area contributed by atoms with Gasteiger partial charge in [-0.1, -0.05) is 55.5 Å². The molecule has 13 heteroatoms. The standard InChI is InChI=1S/C36H33N3O10/c1-15-19-13-14-20(38-35(48)18-11-9-17(10-12-18)27(40)16-7-5-4-6-8-16)28(41)22(19)29(42)23-21(15)30(43)25-26(39(2)3)31(44)24(34(37)47)33(46)36(25,49)32(23)45/h4-15,21,25-26,30,41-43,46,49H,1-3H3,(H2,37,47)(H,38,48)/t15-,21?,25?,26-,30-,36-/m0/s1. The van der Waals surface area contributed by atoms with E-state index in [-0.39, 0.29) is 28.2 Å². The number of aliphatic hydroxyl groups excluding tert-OH is 3. The second-order valence-corrected chi connectivity index (χ2v) is 12.7. The number of anilines is 1. The van der Waals surface area contributed by atoms with Gasteiger partial charge in [0.25, 0.3) is 11.8 Å². The Kier molecular flexibility index (Phi) is 8.02. The molecule has 3 aromatic rings. The third-order valence-electron chi connectivity index (χ3n) is 9.82. The average Bonchev–Trinajstić information content (AvgIpc) is 3.07. The predicted octanol–water partition coefficient (Wildman–Crippen LogP) is 1.98. The van der Waals surface area contributed by atoms with E-state index in [1.54, 1.807) is 37.3 Å². The van der Waals surface area contributed by atoms with Gasteiger partial charge in [-0.05, 0) is 43.8 Å². The van der Waals surface area contributed by atoms with Gasteiger partial charge >= 0.3 is 0 Å². The van der Waals surface area contributed by atoms with E-state index in [9.17, 15) is 49.5 Å². The number of rotatable bonds is 6. The van der Waals surface area contributed by atoms with Crippen LogP contribution in [-0.2, 0) is 14.4 Å². The summed E-state index contributed by atoms with van der Waals surface area (Å²) in [6.07, 6.45) is -1.73. The van der Waals surface area contributed by atoms with Crippen molar-refractivity contribution in [1.29, 1.82) is 0 Å². The van der Waals surface area contributed by atoms with Crippen LogP contribution in [0.3, 0.4) is 0 Å². The summed E-state index contributed by atoms with van der Waals surface area (Å²) in [5.74, 6) is -11.1. The van der Waals surface area contributed by atoms with Crippen molar-refractivity contribution in [2.24, 2.45) is 17.6 Å². The van der Waals surface area contributed by atoms with E-state index in [0.717, 1.165) is 0 Å². The lowest BCUT2D eigenvalue weighted by Crippen LogP contribution is -2.70. The summed E-state index contributed by atoms with van der Waals surface area (Å²) < 4.78 is 0. The monoisotopic (exact) mass is 667 g/mol. The zero-order valence-corrected chi connectivity index (χ0v) is 26.5. The smallest absolute Gasteiger partial charge is 0.255 e. The first-order valence-electron chi connectivity index (χ1n) is 15.3. The maximum Gasteiger partial charge on any atom is 0.255 e.